The molecule has 1 aromatic carbocycles. The van der Waals surface area contributed by atoms with Crippen LogP contribution in [0.5, 0.6) is 5.75 Å². The summed E-state index contributed by atoms with van der Waals surface area (Å²) in [6.45, 7) is 3.08. The summed E-state index contributed by atoms with van der Waals surface area (Å²) >= 11 is 0. The second-order valence-corrected chi connectivity index (χ2v) is 2.92. The van der Waals surface area contributed by atoms with Crippen LogP contribution in [0.4, 0.5) is 0 Å². The third-order valence-corrected chi connectivity index (χ3v) is 2.07. The van der Waals surface area contributed by atoms with Gasteiger partial charge in [0.1, 0.15) is 5.75 Å². The van der Waals surface area contributed by atoms with E-state index >= 15 is 0 Å². The second-order valence-electron chi connectivity index (χ2n) is 2.92. The lowest BCUT2D eigenvalue weighted by molar-refractivity contribution is 0.0670. The lowest BCUT2D eigenvalue weighted by Crippen LogP contribution is -2.16. The summed E-state index contributed by atoms with van der Waals surface area (Å²) in [5.41, 5.74) is 6.65. The molecule has 2 N–H and O–H groups in total. The Hall–Kier alpha value is -1.06. The molecular formula is C11H17NO2. The Morgan fingerprint density at radius 1 is 1.36 bits per heavy atom. The maximum absolute atomic E-state index is 5.63. The minimum absolute atomic E-state index is 0.0730. The van der Waals surface area contributed by atoms with E-state index in [1.54, 1.807) is 7.11 Å². The van der Waals surface area contributed by atoms with Gasteiger partial charge in [-0.2, -0.15) is 0 Å². The van der Waals surface area contributed by atoms with Crippen LogP contribution in [0, 0.1) is 0 Å². The smallest absolute Gasteiger partial charge is 0.124 e. The maximum atomic E-state index is 5.63. The average molecular weight is 195 g/mol. The lowest BCUT2D eigenvalue weighted by Gasteiger charge is -2.17. The molecule has 0 aromatic heterocycles. The molecule has 0 aliphatic heterocycles. The number of para-hydroxylation sites is 1. The quantitative estimate of drug-likeness (QED) is 0.778. The molecule has 1 aromatic rings. The van der Waals surface area contributed by atoms with Crippen molar-refractivity contribution >= 4 is 0 Å². The molecule has 14 heavy (non-hydrogen) atoms. The Morgan fingerprint density at radius 2 is 2.07 bits per heavy atom. The van der Waals surface area contributed by atoms with E-state index in [1.165, 1.54) is 0 Å². The molecule has 0 heterocycles. The van der Waals surface area contributed by atoms with Crippen molar-refractivity contribution in [3.63, 3.8) is 0 Å². The molecule has 0 saturated carbocycles. The Labute approximate surface area is 84.8 Å². The first kappa shape index (κ1) is 11.0. The van der Waals surface area contributed by atoms with Crippen molar-refractivity contribution in [1.29, 1.82) is 0 Å². The van der Waals surface area contributed by atoms with Crippen molar-refractivity contribution in [3.8, 4) is 5.75 Å². The van der Waals surface area contributed by atoms with Crippen molar-refractivity contribution in [2.45, 2.75) is 13.0 Å². The standard InChI is InChI=1S/C11H17NO2/c1-3-14-11(8-12)9-6-4-5-7-10(9)13-2/h4-7,11H,3,8,12H2,1-2H3/t11-/m1/s1. The van der Waals surface area contributed by atoms with Gasteiger partial charge in [-0.15, -0.1) is 0 Å². The van der Waals surface area contributed by atoms with Crippen LogP contribution in [0.25, 0.3) is 0 Å². The molecule has 0 aliphatic rings. The van der Waals surface area contributed by atoms with Gasteiger partial charge in [-0.3, -0.25) is 0 Å². The monoisotopic (exact) mass is 195 g/mol. The topological polar surface area (TPSA) is 44.5 Å². The second kappa shape index (κ2) is 5.62. The Balaban J connectivity index is 2.90. The molecule has 0 amide bonds. The molecule has 1 rings (SSSR count). The summed E-state index contributed by atoms with van der Waals surface area (Å²) in [5, 5.41) is 0. The first-order valence-corrected chi connectivity index (χ1v) is 4.78. The van der Waals surface area contributed by atoms with E-state index in [9.17, 15) is 0 Å². The third kappa shape index (κ3) is 2.47. The fourth-order valence-electron chi connectivity index (χ4n) is 1.42. The van der Waals surface area contributed by atoms with Crippen molar-refractivity contribution in [1.82, 2.24) is 0 Å². The number of rotatable bonds is 5. The molecule has 0 fully saturated rings. The van der Waals surface area contributed by atoms with Crippen LogP contribution < -0.4 is 10.5 Å². The highest BCUT2D eigenvalue weighted by Gasteiger charge is 2.13. The summed E-state index contributed by atoms with van der Waals surface area (Å²) in [6, 6.07) is 7.78. The van der Waals surface area contributed by atoms with Crippen LogP contribution in [0.1, 0.15) is 18.6 Å². The Kier molecular flexibility index (Phi) is 4.43. The molecule has 3 nitrogen and oxygen atoms in total. The van der Waals surface area contributed by atoms with Crippen molar-refractivity contribution in [2.24, 2.45) is 5.73 Å². The molecule has 78 valence electrons. The zero-order valence-corrected chi connectivity index (χ0v) is 8.69. The summed E-state index contributed by atoms with van der Waals surface area (Å²) < 4.78 is 10.8. The van der Waals surface area contributed by atoms with E-state index in [2.05, 4.69) is 0 Å². The first-order chi connectivity index (χ1) is 6.83. The largest absolute Gasteiger partial charge is 0.496 e. The molecule has 1 atom stereocenters. The predicted molar refractivity (Wildman–Crippen MR) is 56.4 cm³/mol. The van der Waals surface area contributed by atoms with Gasteiger partial charge >= 0.3 is 0 Å². The van der Waals surface area contributed by atoms with Gasteiger partial charge in [-0.05, 0) is 13.0 Å². The molecule has 0 saturated heterocycles. The van der Waals surface area contributed by atoms with E-state index in [0.717, 1.165) is 11.3 Å². The number of hydrogen-bond acceptors (Lipinski definition) is 3. The molecule has 0 spiro atoms. The van der Waals surface area contributed by atoms with Crippen LogP contribution in [0.15, 0.2) is 24.3 Å². The fourth-order valence-corrected chi connectivity index (χ4v) is 1.42. The molecule has 0 bridgehead atoms. The average Bonchev–Trinajstić information content (AvgIpc) is 2.26. The first-order valence-electron chi connectivity index (χ1n) is 4.78. The summed E-state index contributed by atoms with van der Waals surface area (Å²) in [5.74, 6) is 0.830. The van der Waals surface area contributed by atoms with Gasteiger partial charge in [0.05, 0.1) is 13.2 Å². The summed E-state index contributed by atoms with van der Waals surface area (Å²) in [6.07, 6.45) is -0.0730. The van der Waals surface area contributed by atoms with E-state index in [0.29, 0.717) is 13.2 Å². The van der Waals surface area contributed by atoms with Gasteiger partial charge in [0.15, 0.2) is 0 Å². The Bertz CT molecular complexity index is 276. The molecule has 3 heteroatoms. The highest BCUT2D eigenvalue weighted by Crippen LogP contribution is 2.26. The molecule has 0 aliphatic carbocycles. The summed E-state index contributed by atoms with van der Waals surface area (Å²) in [4.78, 5) is 0. The highest BCUT2D eigenvalue weighted by atomic mass is 16.5. The van der Waals surface area contributed by atoms with Crippen molar-refractivity contribution in [3.05, 3.63) is 29.8 Å². The number of nitrogens with two attached hydrogens (primary N) is 1. The number of hydrogen-bond donors (Lipinski definition) is 1. The normalized spacial score (nSPS) is 12.5. The van der Waals surface area contributed by atoms with E-state index in [4.69, 9.17) is 15.2 Å². The molecule has 0 unspecified atom stereocenters. The summed E-state index contributed by atoms with van der Waals surface area (Å²) in [7, 11) is 1.65. The minimum atomic E-state index is -0.0730. The van der Waals surface area contributed by atoms with E-state index in [1.807, 2.05) is 31.2 Å². The van der Waals surface area contributed by atoms with Crippen LogP contribution in [0.2, 0.25) is 0 Å². The Morgan fingerprint density at radius 3 is 2.64 bits per heavy atom. The number of ether oxygens (including phenoxy) is 2. The van der Waals surface area contributed by atoms with Gasteiger partial charge in [0.2, 0.25) is 0 Å². The minimum Gasteiger partial charge on any atom is -0.496 e. The number of benzene rings is 1. The van der Waals surface area contributed by atoms with Crippen LogP contribution >= 0.6 is 0 Å². The van der Waals surface area contributed by atoms with E-state index < -0.39 is 0 Å². The SMILES string of the molecule is CCO[C@H](CN)c1ccccc1OC. The maximum Gasteiger partial charge on any atom is 0.124 e. The zero-order valence-electron chi connectivity index (χ0n) is 8.69. The molecular weight excluding hydrogens is 178 g/mol. The van der Waals surface area contributed by atoms with Crippen molar-refractivity contribution in [2.75, 3.05) is 20.3 Å². The highest BCUT2D eigenvalue weighted by molar-refractivity contribution is 5.35. The van der Waals surface area contributed by atoms with Gasteiger partial charge in [-0.1, -0.05) is 18.2 Å². The number of methoxy groups -OCH3 is 1. The van der Waals surface area contributed by atoms with Crippen LogP contribution in [-0.4, -0.2) is 20.3 Å². The van der Waals surface area contributed by atoms with Crippen LogP contribution in [-0.2, 0) is 4.74 Å². The third-order valence-electron chi connectivity index (χ3n) is 2.07. The van der Waals surface area contributed by atoms with Gasteiger partial charge in [0, 0.05) is 18.7 Å². The van der Waals surface area contributed by atoms with Gasteiger partial charge in [-0.25, -0.2) is 0 Å². The fraction of sp³-hybridized carbons (Fsp3) is 0.455. The lowest BCUT2D eigenvalue weighted by atomic mass is 10.1. The van der Waals surface area contributed by atoms with Gasteiger partial charge < -0.3 is 15.2 Å². The zero-order chi connectivity index (χ0) is 10.4. The van der Waals surface area contributed by atoms with Crippen LogP contribution in [0.3, 0.4) is 0 Å². The predicted octanol–water partition coefficient (Wildman–Crippen LogP) is 1.73. The van der Waals surface area contributed by atoms with Crippen molar-refractivity contribution < 1.29 is 9.47 Å². The van der Waals surface area contributed by atoms with E-state index in [-0.39, 0.29) is 6.10 Å². The van der Waals surface area contributed by atoms with Gasteiger partial charge in [0.25, 0.3) is 0 Å². The molecule has 0 radical (unpaired) electrons.